The fourth-order valence-electron chi connectivity index (χ4n) is 1.36. The summed E-state index contributed by atoms with van der Waals surface area (Å²) in [6.45, 7) is 8.87. The normalized spacial score (nSPS) is 13.1. The van der Waals surface area contributed by atoms with Crippen molar-refractivity contribution in [3.8, 4) is 0 Å². The van der Waals surface area contributed by atoms with Crippen molar-refractivity contribution in [3.05, 3.63) is 11.9 Å². The highest BCUT2D eigenvalue weighted by atomic mass is 16.1. The number of hydrogen-bond acceptors (Lipinski definition) is 3. The molecule has 1 atom stereocenters. The van der Waals surface area contributed by atoms with E-state index in [-0.39, 0.29) is 11.7 Å². The number of carbonyl (C=O) groups excluding carboxylic acids is 1. The SMILES string of the molecule is CCCn1nncc1C(=O)C(C)C(C)C. The molecule has 0 N–H and O–H groups in total. The van der Waals surface area contributed by atoms with E-state index < -0.39 is 0 Å². The molecule has 1 aromatic heterocycles. The van der Waals surface area contributed by atoms with E-state index in [9.17, 15) is 4.79 Å². The Kier molecular flexibility index (Phi) is 4.00. The third-order valence-corrected chi connectivity index (χ3v) is 2.72. The number of rotatable bonds is 5. The van der Waals surface area contributed by atoms with Crippen molar-refractivity contribution in [2.45, 2.75) is 40.7 Å². The summed E-state index contributed by atoms with van der Waals surface area (Å²) in [5.41, 5.74) is 0.637. The number of hydrogen-bond donors (Lipinski definition) is 0. The minimum atomic E-state index is 0.0270. The highest BCUT2D eigenvalue weighted by Crippen LogP contribution is 2.15. The van der Waals surface area contributed by atoms with Crippen molar-refractivity contribution in [2.24, 2.45) is 11.8 Å². The van der Waals surface area contributed by atoms with Gasteiger partial charge in [0.05, 0.1) is 6.20 Å². The number of nitrogens with zero attached hydrogens (tertiary/aromatic N) is 3. The lowest BCUT2D eigenvalue weighted by molar-refractivity contribution is 0.0888. The molecule has 15 heavy (non-hydrogen) atoms. The number of Topliss-reactive ketones (excluding diaryl/α,β-unsaturated/α-hetero) is 1. The Hall–Kier alpha value is -1.19. The summed E-state index contributed by atoms with van der Waals surface area (Å²) in [5.74, 6) is 0.519. The van der Waals surface area contributed by atoms with Crippen LogP contribution < -0.4 is 0 Å². The molecular formula is C11H19N3O. The Morgan fingerprint density at radius 2 is 2.13 bits per heavy atom. The molecule has 84 valence electrons. The lowest BCUT2D eigenvalue weighted by Crippen LogP contribution is -2.20. The predicted octanol–water partition coefficient (Wildman–Crippen LogP) is 2.16. The van der Waals surface area contributed by atoms with Crippen LogP contribution >= 0.6 is 0 Å². The van der Waals surface area contributed by atoms with Gasteiger partial charge in [0, 0.05) is 12.5 Å². The largest absolute Gasteiger partial charge is 0.292 e. The Morgan fingerprint density at radius 1 is 1.47 bits per heavy atom. The van der Waals surface area contributed by atoms with E-state index in [4.69, 9.17) is 0 Å². The molecule has 0 bridgehead atoms. The summed E-state index contributed by atoms with van der Waals surface area (Å²) in [6, 6.07) is 0. The molecule has 0 aliphatic heterocycles. The molecular weight excluding hydrogens is 190 g/mol. The van der Waals surface area contributed by atoms with Crippen LogP contribution in [-0.2, 0) is 6.54 Å². The second-order valence-electron chi connectivity index (χ2n) is 4.24. The van der Waals surface area contributed by atoms with Crippen LogP contribution in [0.15, 0.2) is 6.20 Å². The molecule has 1 aromatic rings. The van der Waals surface area contributed by atoms with E-state index in [0.717, 1.165) is 13.0 Å². The molecule has 0 radical (unpaired) electrons. The van der Waals surface area contributed by atoms with Gasteiger partial charge in [0.25, 0.3) is 0 Å². The summed E-state index contributed by atoms with van der Waals surface area (Å²) in [5, 5.41) is 7.71. The first-order valence-corrected chi connectivity index (χ1v) is 5.50. The van der Waals surface area contributed by atoms with Crippen molar-refractivity contribution in [2.75, 3.05) is 0 Å². The lowest BCUT2D eigenvalue weighted by Gasteiger charge is -2.14. The fraction of sp³-hybridized carbons (Fsp3) is 0.727. The van der Waals surface area contributed by atoms with Gasteiger partial charge in [0.2, 0.25) is 0 Å². The Balaban J connectivity index is 2.86. The Morgan fingerprint density at radius 3 is 2.67 bits per heavy atom. The van der Waals surface area contributed by atoms with Gasteiger partial charge in [-0.1, -0.05) is 32.9 Å². The summed E-state index contributed by atoms with van der Waals surface area (Å²) in [4.78, 5) is 12.0. The molecule has 1 rings (SSSR count). The summed E-state index contributed by atoms with van der Waals surface area (Å²) in [7, 11) is 0. The quantitative estimate of drug-likeness (QED) is 0.698. The second-order valence-corrected chi connectivity index (χ2v) is 4.24. The second kappa shape index (κ2) is 5.05. The highest BCUT2D eigenvalue weighted by molar-refractivity contribution is 5.95. The van der Waals surface area contributed by atoms with Gasteiger partial charge >= 0.3 is 0 Å². The van der Waals surface area contributed by atoms with Gasteiger partial charge in [-0.3, -0.25) is 4.79 Å². The van der Waals surface area contributed by atoms with E-state index in [1.165, 1.54) is 0 Å². The predicted molar refractivity (Wildman–Crippen MR) is 58.6 cm³/mol. The fourth-order valence-corrected chi connectivity index (χ4v) is 1.36. The zero-order valence-electron chi connectivity index (χ0n) is 9.90. The van der Waals surface area contributed by atoms with Crippen LogP contribution in [0.5, 0.6) is 0 Å². The van der Waals surface area contributed by atoms with Crippen molar-refractivity contribution < 1.29 is 4.79 Å². The van der Waals surface area contributed by atoms with Gasteiger partial charge in [-0.15, -0.1) is 5.10 Å². The topological polar surface area (TPSA) is 47.8 Å². The zero-order valence-corrected chi connectivity index (χ0v) is 9.90. The monoisotopic (exact) mass is 209 g/mol. The van der Waals surface area contributed by atoms with Crippen LogP contribution in [-0.4, -0.2) is 20.8 Å². The maximum atomic E-state index is 12.0. The maximum Gasteiger partial charge on any atom is 0.185 e. The summed E-state index contributed by atoms with van der Waals surface area (Å²) >= 11 is 0. The van der Waals surface area contributed by atoms with E-state index in [0.29, 0.717) is 11.6 Å². The molecule has 4 nitrogen and oxygen atoms in total. The van der Waals surface area contributed by atoms with E-state index in [2.05, 4.69) is 31.1 Å². The molecule has 0 saturated heterocycles. The first-order valence-electron chi connectivity index (χ1n) is 5.50. The number of aryl methyl sites for hydroxylation is 1. The molecule has 1 unspecified atom stereocenters. The number of carbonyl (C=O) groups is 1. The molecule has 0 aliphatic carbocycles. The molecule has 0 spiro atoms. The standard InChI is InChI=1S/C11H19N3O/c1-5-6-14-10(7-12-13-14)11(15)9(4)8(2)3/h7-9H,5-6H2,1-4H3. The van der Waals surface area contributed by atoms with Gasteiger partial charge in [-0.2, -0.15) is 0 Å². The average molecular weight is 209 g/mol. The molecule has 0 saturated carbocycles. The molecule has 0 fully saturated rings. The third kappa shape index (κ3) is 2.64. The van der Waals surface area contributed by atoms with Gasteiger partial charge in [-0.25, -0.2) is 4.68 Å². The molecule has 0 amide bonds. The van der Waals surface area contributed by atoms with Crippen LogP contribution in [0.2, 0.25) is 0 Å². The van der Waals surface area contributed by atoms with E-state index >= 15 is 0 Å². The van der Waals surface area contributed by atoms with Crippen molar-refractivity contribution >= 4 is 5.78 Å². The van der Waals surface area contributed by atoms with Crippen LogP contribution in [0.4, 0.5) is 0 Å². The Labute approximate surface area is 90.7 Å². The number of ketones is 1. The summed E-state index contributed by atoms with van der Waals surface area (Å²) in [6.07, 6.45) is 2.52. The minimum Gasteiger partial charge on any atom is -0.292 e. The third-order valence-electron chi connectivity index (χ3n) is 2.72. The van der Waals surface area contributed by atoms with Gasteiger partial charge in [-0.05, 0) is 12.3 Å². The van der Waals surface area contributed by atoms with Crippen molar-refractivity contribution in [1.29, 1.82) is 0 Å². The smallest absolute Gasteiger partial charge is 0.185 e. The van der Waals surface area contributed by atoms with Gasteiger partial charge in [0.1, 0.15) is 5.69 Å². The van der Waals surface area contributed by atoms with Crippen LogP contribution in [0.3, 0.4) is 0 Å². The Bertz CT molecular complexity index is 330. The van der Waals surface area contributed by atoms with Crippen molar-refractivity contribution in [3.63, 3.8) is 0 Å². The zero-order chi connectivity index (χ0) is 11.4. The summed E-state index contributed by atoms with van der Waals surface area (Å²) < 4.78 is 1.70. The first kappa shape index (κ1) is 11.9. The lowest BCUT2D eigenvalue weighted by atomic mass is 9.92. The molecule has 4 heteroatoms. The molecule has 0 aliphatic rings. The minimum absolute atomic E-state index is 0.0270. The van der Waals surface area contributed by atoms with Gasteiger partial charge < -0.3 is 0 Å². The van der Waals surface area contributed by atoms with E-state index in [1.54, 1.807) is 10.9 Å². The molecule has 1 heterocycles. The average Bonchev–Trinajstić information content (AvgIpc) is 2.64. The van der Waals surface area contributed by atoms with Gasteiger partial charge in [0.15, 0.2) is 5.78 Å². The van der Waals surface area contributed by atoms with Crippen LogP contribution in [0.25, 0.3) is 0 Å². The first-order chi connectivity index (χ1) is 7.07. The highest BCUT2D eigenvalue weighted by Gasteiger charge is 2.21. The van der Waals surface area contributed by atoms with Crippen molar-refractivity contribution in [1.82, 2.24) is 15.0 Å². The van der Waals surface area contributed by atoms with Crippen LogP contribution in [0.1, 0.15) is 44.6 Å². The van der Waals surface area contributed by atoms with Crippen LogP contribution in [0, 0.1) is 11.8 Å². The number of aromatic nitrogens is 3. The molecule has 0 aromatic carbocycles. The van der Waals surface area contributed by atoms with E-state index in [1.807, 2.05) is 6.92 Å². The maximum absolute atomic E-state index is 12.0.